The predicted molar refractivity (Wildman–Crippen MR) is 62.9 cm³/mol. The second kappa shape index (κ2) is 4.01. The second-order valence-electron chi connectivity index (χ2n) is 3.74. The number of oxazole rings is 1. The number of rotatable bonds is 1. The summed E-state index contributed by atoms with van der Waals surface area (Å²) in [5.41, 5.74) is 1.79. The van der Waals surface area contributed by atoms with Crippen molar-refractivity contribution in [2.45, 2.75) is 6.23 Å². The number of nitrogens with zero attached hydrogens (tertiary/aromatic N) is 1. The van der Waals surface area contributed by atoms with E-state index in [0.29, 0.717) is 11.4 Å². The summed E-state index contributed by atoms with van der Waals surface area (Å²) in [5, 5.41) is 3.28. The molecule has 1 aliphatic heterocycles. The molecular weight excluding hydrogens is 224 g/mol. The molecule has 1 unspecified atom stereocenters. The van der Waals surface area contributed by atoms with Crippen molar-refractivity contribution in [3.63, 3.8) is 0 Å². The Kier molecular flexibility index (Phi) is 2.51. The van der Waals surface area contributed by atoms with E-state index < -0.39 is 0 Å². The standard InChI is InChI=1S/C11H12N2O2S/c16-11-13(10-7-12-5-6-14-10)8-3-1-2-4-9(8)15-11/h1-4,10,12H,5-7H2. The van der Waals surface area contributed by atoms with Gasteiger partial charge in [0.2, 0.25) is 0 Å². The van der Waals surface area contributed by atoms with Crippen LogP contribution in [0.5, 0.6) is 0 Å². The molecule has 0 amide bonds. The average molecular weight is 236 g/mol. The molecule has 0 bridgehead atoms. The molecule has 0 radical (unpaired) electrons. The van der Waals surface area contributed by atoms with Crippen molar-refractivity contribution in [3.8, 4) is 0 Å². The fraction of sp³-hybridized carbons (Fsp3) is 0.364. The van der Waals surface area contributed by atoms with E-state index in [1.807, 2.05) is 28.8 Å². The van der Waals surface area contributed by atoms with Crippen molar-refractivity contribution in [2.75, 3.05) is 19.7 Å². The Morgan fingerprint density at radius 2 is 2.25 bits per heavy atom. The third kappa shape index (κ3) is 1.57. The fourth-order valence-electron chi connectivity index (χ4n) is 1.97. The van der Waals surface area contributed by atoms with Crippen molar-refractivity contribution >= 4 is 23.3 Å². The Morgan fingerprint density at radius 1 is 1.38 bits per heavy atom. The summed E-state index contributed by atoms with van der Waals surface area (Å²) in [6.45, 7) is 2.35. The summed E-state index contributed by atoms with van der Waals surface area (Å²) in [5.74, 6) is 0. The Morgan fingerprint density at radius 3 is 3.06 bits per heavy atom. The van der Waals surface area contributed by atoms with Gasteiger partial charge in [0.05, 0.1) is 12.1 Å². The summed E-state index contributed by atoms with van der Waals surface area (Å²) in [4.78, 5) is 0.468. The van der Waals surface area contributed by atoms with Crippen molar-refractivity contribution < 1.29 is 9.15 Å². The lowest BCUT2D eigenvalue weighted by molar-refractivity contribution is -0.0193. The van der Waals surface area contributed by atoms with E-state index in [0.717, 1.165) is 24.2 Å². The number of para-hydroxylation sites is 2. The molecule has 1 aromatic heterocycles. The van der Waals surface area contributed by atoms with Gasteiger partial charge in [-0.2, -0.15) is 0 Å². The lowest BCUT2D eigenvalue weighted by Gasteiger charge is -2.24. The first-order valence-corrected chi connectivity index (χ1v) is 5.69. The van der Waals surface area contributed by atoms with Gasteiger partial charge in [0.15, 0.2) is 11.8 Å². The molecule has 16 heavy (non-hydrogen) atoms. The summed E-state index contributed by atoms with van der Waals surface area (Å²) >= 11 is 5.22. The highest BCUT2D eigenvalue weighted by molar-refractivity contribution is 7.71. The van der Waals surface area contributed by atoms with Gasteiger partial charge in [-0.25, -0.2) is 0 Å². The van der Waals surface area contributed by atoms with E-state index in [2.05, 4.69) is 5.32 Å². The normalized spacial score (nSPS) is 21.4. The number of benzene rings is 1. The molecule has 84 valence electrons. The van der Waals surface area contributed by atoms with Gasteiger partial charge in [0.1, 0.15) is 0 Å². The minimum absolute atomic E-state index is 0.0649. The molecule has 1 atom stereocenters. The van der Waals surface area contributed by atoms with Crippen molar-refractivity contribution in [1.82, 2.24) is 9.88 Å². The van der Waals surface area contributed by atoms with Crippen LogP contribution < -0.4 is 5.32 Å². The van der Waals surface area contributed by atoms with Gasteiger partial charge >= 0.3 is 0 Å². The number of hydrogen-bond donors (Lipinski definition) is 1. The minimum Gasteiger partial charge on any atom is -0.429 e. The molecule has 3 rings (SSSR count). The smallest absolute Gasteiger partial charge is 0.271 e. The highest BCUT2D eigenvalue weighted by Gasteiger charge is 2.19. The van der Waals surface area contributed by atoms with Gasteiger partial charge < -0.3 is 14.5 Å². The van der Waals surface area contributed by atoms with Crippen LogP contribution in [0.25, 0.3) is 11.1 Å². The zero-order valence-electron chi connectivity index (χ0n) is 8.68. The lowest BCUT2D eigenvalue weighted by Crippen LogP contribution is -2.36. The predicted octanol–water partition coefficient (Wildman–Crippen LogP) is 2.08. The third-order valence-electron chi connectivity index (χ3n) is 2.71. The zero-order chi connectivity index (χ0) is 11.0. The molecule has 1 fully saturated rings. The lowest BCUT2D eigenvalue weighted by atomic mass is 10.3. The molecular formula is C11H12N2O2S. The van der Waals surface area contributed by atoms with Gasteiger partial charge in [-0.15, -0.1) is 0 Å². The molecule has 1 saturated heterocycles. The Hall–Kier alpha value is -1.17. The quantitative estimate of drug-likeness (QED) is 0.769. The molecule has 0 aliphatic carbocycles. The molecule has 1 aliphatic rings. The largest absolute Gasteiger partial charge is 0.429 e. The highest BCUT2D eigenvalue weighted by atomic mass is 32.1. The highest BCUT2D eigenvalue weighted by Crippen LogP contribution is 2.22. The fourth-order valence-corrected chi connectivity index (χ4v) is 2.28. The van der Waals surface area contributed by atoms with Crippen LogP contribution in [0, 0.1) is 4.84 Å². The van der Waals surface area contributed by atoms with Crippen LogP contribution >= 0.6 is 12.2 Å². The first kappa shape index (κ1) is 10.0. The summed E-state index contributed by atoms with van der Waals surface area (Å²) < 4.78 is 13.1. The molecule has 0 spiro atoms. The topological polar surface area (TPSA) is 39.3 Å². The number of ether oxygens (including phenoxy) is 1. The number of fused-ring (bicyclic) bond motifs is 1. The first-order chi connectivity index (χ1) is 7.86. The van der Waals surface area contributed by atoms with E-state index in [1.165, 1.54) is 0 Å². The zero-order valence-corrected chi connectivity index (χ0v) is 9.50. The van der Waals surface area contributed by atoms with Crippen LogP contribution in [0.1, 0.15) is 6.23 Å². The molecule has 4 nitrogen and oxygen atoms in total. The SMILES string of the molecule is S=c1oc2ccccc2n1C1CNCCO1. The molecule has 1 aromatic carbocycles. The average Bonchev–Trinajstić information content (AvgIpc) is 2.66. The maximum atomic E-state index is 5.69. The number of hydrogen-bond acceptors (Lipinski definition) is 4. The van der Waals surface area contributed by atoms with E-state index >= 15 is 0 Å². The second-order valence-corrected chi connectivity index (χ2v) is 4.08. The van der Waals surface area contributed by atoms with E-state index in [4.69, 9.17) is 21.4 Å². The van der Waals surface area contributed by atoms with E-state index in [9.17, 15) is 0 Å². The maximum absolute atomic E-state index is 5.69. The summed E-state index contributed by atoms with van der Waals surface area (Å²) in [6.07, 6.45) is -0.0649. The Bertz CT molecular complexity index is 554. The molecule has 2 heterocycles. The van der Waals surface area contributed by atoms with Crippen LogP contribution in [-0.4, -0.2) is 24.3 Å². The maximum Gasteiger partial charge on any atom is 0.271 e. The van der Waals surface area contributed by atoms with Gasteiger partial charge in [-0.1, -0.05) is 12.1 Å². The number of morpholine rings is 1. The first-order valence-electron chi connectivity index (χ1n) is 5.28. The van der Waals surface area contributed by atoms with Crippen molar-refractivity contribution in [2.24, 2.45) is 0 Å². The van der Waals surface area contributed by atoms with Gasteiger partial charge in [-0.3, -0.25) is 4.57 Å². The minimum atomic E-state index is -0.0649. The molecule has 1 N–H and O–H groups in total. The van der Waals surface area contributed by atoms with E-state index in [-0.39, 0.29) is 6.23 Å². The van der Waals surface area contributed by atoms with Crippen LogP contribution in [0.15, 0.2) is 28.7 Å². The van der Waals surface area contributed by atoms with E-state index in [1.54, 1.807) is 0 Å². The third-order valence-corrected chi connectivity index (χ3v) is 2.99. The molecule has 2 aromatic rings. The summed E-state index contributed by atoms with van der Waals surface area (Å²) in [6, 6.07) is 7.81. The number of nitrogens with one attached hydrogen (secondary N) is 1. The van der Waals surface area contributed by atoms with Gasteiger partial charge in [0, 0.05) is 13.1 Å². The van der Waals surface area contributed by atoms with Gasteiger partial charge in [0.25, 0.3) is 4.84 Å². The van der Waals surface area contributed by atoms with Crippen molar-refractivity contribution in [1.29, 1.82) is 0 Å². The summed E-state index contributed by atoms with van der Waals surface area (Å²) in [7, 11) is 0. The Balaban J connectivity index is 2.14. The van der Waals surface area contributed by atoms with Crippen LogP contribution in [0.4, 0.5) is 0 Å². The molecule has 5 heteroatoms. The van der Waals surface area contributed by atoms with Crippen LogP contribution in [0.3, 0.4) is 0 Å². The monoisotopic (exact) mass is 236 g/mol. The van der Waals surface area contributed by atoms with Crippen molar-refractivity contribution in [3.05, 3.63) is 29.1 Å². The molecule has 0 saturated carbocycles. The van der Waals surface area contributed by atoms with Crippen LogP contribution in [0.2, 0.25) is 0 Å². The Labute approximate surface area is 97.8 Å². The number of aromatic nitrogens is 1. The van der Waals surface area contributed by atoms with Gasteiger partial charge in [-0.05, 0) is 24.4 Å². The van der Waals surface area contributed by atoms with Crippen LogP contribution in [-0.2, 0) is 4.74 Å².